The average Bonchev–Trinajstić information content (AvgIpc) is 2.94. The molecule has 0 radical (unpaired) electrons. The number of nitrogens with two attached hydrogens (primary N) is 1. The molecule has 0 saturated heterocycles. The van der Waals surface area contributed by atoms with Crippen molar-refractivity contribution in [2.45, 2.75) is 18.9 Å². The van der Waals surface area contributed by atoms with Gasteiger partial charge in [0.25, 0.3) is 0 Å². The molecule has 4 rings (SSSR count). The van der Waals surface area contributed by atoms with Crippen molar-refractivity contribution in [2.24, 2.45) is 5.73 Å². The molecule has 1 atom stereocenters. The number of Topliss-reactive ketones (excluding diaryl/α,β-unsaturated/α-hetero) is 1. The van der Waals surface area contributed by atoms with Gasteiger partial charge in [0.1, 0.15) is 24.8 Å². The van der Waals surface area contributed by atoms with Crippen LogP contribution in [0.5, 0.6) is 11.5 Å². The average molecular weight is 553 g/mol. The fraction of sp³-hybridized carbons (Fsp3) is 0.214. The van der Waals surface area contributed by atoms with Crippen LogP contribution in [-0.2, 0) is 27.2 Å². The van der Waals surface area contributed by atoms with E-state index >= 15 is 0 Å². The summed E-state index contributed by atoms with van der Waals surface area (Å²) in [7, 11) is 2.77. The van der Waals surface area contributed by atoms with Gasteiger partial charge in [-0.05, 0) is 35.7 Å². The number of methoxy groups -OCH3 is 2. The van der Waals surface area contributed by atoms with Gasteiger partial charge >= 0.3 is 5.97 Å². The Hall–Kier alpha value is -4.28. The lowest BCUT2D eigenvalue weighted by Crippen LogP contribution is -2.33. The number of nitrogens with one attached hydrogen (secondary N) is 1. The quantitative estimate of drug-likeness (QED) is 0.260. The number of fused-ring (bicyclic) bond motifs is 1. The molecule has 39 heavy (non-hydrogen) atoms. The van der Waals surface area contributed by atoms with Crippen molar-refractivity contribution in [1.82, 2.24) is 9.97 Å². The van der Waals surface area contributed by atoms with Crippen molar-refractivity contribution < 1.29 is 28.2 Å². The summed E-state index contributed by atoms with van der Waals surface area (Å²) >= 11 is 5.90. The van der Waals surface area contributed by atoms with E-state index in [-0.39, 0.29) is 29.5 Å². The van der Waals surface area contributed by atoms with Gasteiger partial charge in [-0.3, -0.25) is 9.59 Å². The molecule has 0 aliphatic rings. The summed E-state index contributed by atoms with van der Waals surface area (Å²) in [5.74, 6) is -0.260. The van der Waals surface area contributed by atoms with Crippen molar-refractivity contribution in [3.05, 3.63) is 82.9 Å². The highest BCUT2D eigenvalue weighted by molar-refractivity contribution is 6.31. The van der Waals surface area contributed by atoms with E-state index in [0.29, 0.717) is 34.6 Å². The number of hydrogen-bond acceptors (Lipinski definition) is 9. The highest BCUT2D eigenvalue weighted by Crippen LogP contribution is 2.35. The van der Waals surface area contributed by atoms with Crippen molar-refractivity contribution in [3.8, 4) is 11.5 Å². The fourth-order valence-corrected chi connectivity index (χ4v) is 4.06. The number of hydrogen-bond donors (Lipinski definition) is 2. The lowest BCUT2D eigenvalue weighted by atomic mass is 10.0. The molecule has 0 aliphatic heterocycles. The van der Waals surface area contributed by atoms with Gasteiger partial charge in [-0.15, -0.1) is 0 Å². The number of carbonyl (C=O) groups excluding carboxylic acids is 2. The summed E-state index contributed by atoms with van der Waals surface area (Å²) in [6.45, 7) is -0.212. The van der Waals surface area contributed by atoms with Crippen molar-refractivity contribution >= 4 is 45.8 Å². The Balaban J connectivity index is 1.46. The smallest absolute Gasteiger partial charge is 0.322 e. The first-order valence-corrected chi connectivity index (χ1v) is 12.3. The maximum absolute atomic E-state index is 14.5. The molecular formula is C28H26ClFN4O5. The molecular weight excluding hydrogens is 527 g/mol. The number of ether oxygens (including phenoxy) is 3. The fourth-order valence-electron chi connectivity index (χ4n) is 3.88. The van der Waals surface area contributed by atoms with Crippen LogP contribution in [0.4, 0.5) is 15.9 Å². The second-order valence-corrected chi connectivity index (χ2v) is 9.03. The summed E-state index contributed by atoms with van der Waals surface area (Å²) in [5, 5.41) is 3.44. The van der Waals surface area contributed by atoms with E-state index in [1.54, 1.807) is 30.3 Å². The van der Waals surface area contributed by atoms with E-state index < -0.39 is 17.8 Å². The summed E-state index contributed by atoms with van der Waals surface area (Å²) in [4.78, 5) is 32.7. The first-order chi connectivity index (χ1) is 18.8. The van der Waals surface area contributed by atoms with Crippen LogP contribution in [0, 0.1) is 5.82 Å². The Morgan fingerprint density at radius 3 is 2.51 bits per heavy atom. The minimum absolute atomic E-state index is 0.0259. The van der Waals surface area contributed by atoms with Crippen molar-refractivity contribution in [1.29, 1.82) is 0 Å². The van der Waals surface area contributed by atoms with E-state index in [1.807, 2.05) is 12.1 Å². The number of carbonyl (C=O) groups is 2. The standard InChI is InChI=1S/C28H26ClFN4O5/c1-37-24-13-23-19(27(33-15-32-23)34-22-5-3-4-20(29)26(22)30)12-25(24)39-14-18(35)10-16-6-8-17(9-7-16)11-21(31)28(36)38-2/h3-9,12-13,15,21H,10-11,14,31H2,1-2H3,(H,32,33,34)/t21-/m0/s1. The van der Waals surface area contributed by atoms with Gasteiger partial charge in [0.05, 0.1) is 30.4 Å². The third-order valence-corrected chi connectivity index (χ3v) is 6.19. The second kappa shape index (κ2) is 12.5. The summed E-state index contributed by atoms with van der Waals surface area (Å²) < 4.78 is 30.3. The van der Waals surface area contributed by atoms with E-state index in [4.69, 9.17) is 26.8 Å². The maximum Gasteiger partial charge on any atom is 0.322 e. The number of rotatable bonds is 11. The Morgan fingerprint density at radius 2 is 1.79 bits per heavy atom. The summed E-state index contributed by atoms with van der Waals surface area (Å²) in [6, 6.07) is 14.4. The zero-order valence-corrected chi connectivity index (χ0v) is 22.0. The molecule has 3 N–H and O–H groups in total. The first kappa shape index (κ1) is 27.7. The topological polar surface area (TPSA) is 126 Å². The Bertz CT molecular complexity index is 1500. The van der Waals surface area contributed by atoms with E-state index in [9.17, 15) is 14.0 Å². The lowest BCUT2D eigenvalue weighted by Gasteiger charge is -2.14. The Kier molecular flexibility index (Phi) is 8.90. The molecule has 9 nitrogen and oxygen atoms in total. The van der Waals surface area contributed by atoms with Crippen LogP contribution in [-0.4, -0.2) is 48.6 Å². The maximum atomic E-state index is 14.5. The molecule has 0 fully saturated rings. The number of anilines is 2. The number of esters is 1. The molecule has 11 heteroatoms. The molecule has 0 spiro atoms. The van der Waals surface area contributed by atoms with Crippen molar-refractivity contribution in [3.63, 3.8) is 0 Å². The van der Waals surface area contributed by atoms with E-state index in [1.165, 1.54) is 32.7 Å². The third-order valence-electron chi connectivity index (χ3n) is 5.90. The third kappa shape index (κ3) is 6.78. The molecule has 0 aliphatic carbocycles. The molecule has 1 aromatic heterocycles. The number of halogens is 2. The molecule has 1 heterocycles. The van der Waals surface area contributed by atoms with Gasteiger partial charge in [-0.1, -0.05) is 41.9 Å². The van der Waals surface area contributed by atoms with Gasteiger partial charge < -0.3 is 25.3 Å². The minimum atomic E-state index is -0.751. The number of aromatic nitrogens is 2. The van der Waals surface area contributed by atoms with E-state index in [2.05, 4.69) is 20.0 Å². The second-order valence-electron chi connectivity index (χ2n) is 8.62. The zero-order valence-electron chi connectivity index (χ0n) is 21.2. The Labute approximate surface area is 229 Å². The van der Waals surface area contributed by atoms with Crippen LogP contribution in [0.1, 0.15) is 11.1 Å². The van der Waals surface area contributed by atoms with Crippen LogP contribution in [0.25, 0.3) is 10.9 Å². The number of ketones is 1. The van der Waals surface area contributed by atoms with Gasteiger partial charge in [0.2, 0.25) is 0 Å². The molecule has 0 bridgehead atoms. The predicted molar refractivity (Wildman–Crippen MR) is 145 cm³/mol. The van der Waals surface area contributed by atoms with Gasteiger partial charge in [0, 0.05) is 17.9 Å². The van der Waals surface area contributed by atoms with Crippen LogP contribution in [0.3, 0.4) is 0 Å². The van der Waals surface area contributed by atoms with Crippen molar-refractivity contribution in [2.75, 3.05) is 26.1 Å². The highest BCUT2D eigenvalue weighted by Gasteiger charge is 2.16. The van der Waals surface area contributed by atoms with Crippen LogP contribution in [0.2, 0.25) is 5.02 Å². The summed E-state index contributed by atoms with van der Waals surface area (Å²) in [5.41, 5.74) is 8.11. The highest BCUT2D eigenvalue weighted by atomic mass is 35.5. The molecule has 0 saturated carbocycles. The molecule has 202 valence electrons. The summed E-state index contributed by atoms with van der Waals surface area (Å²) in [6.07, 6.45) is 1.81. The number of benzene rings is 3. The van der Waals surface area contributed by atoms with Crippen LogP contribution < -0.4 is 20.5 Å². The van der Waals surface area contributed by atoms with Gasteiger partial charge in [0.15, 0.2) is 23.1 Å². The van der Waals surface area contributed by atoms with Gasteiger partial charge in [-0.2, -0.15) is 0 Å². The first-order valence-electron chi connectivity index (χ1n) is 11.9. The molecule has 0 amide bonds. The van der Waals surface area contributed by atoms with Gasteiger partial charge in [-0.25, -0.2) is 14.4 Å². The normalized spacial score (nSPS) is 11.6. The predicted octanol–water partition coefficient (Wildman–Crippen LogP) is 4.41. The molecule has 0 unspecified atom stereocenters. The number of nitrogens with zero attached hydrogens (tertiary/aromatic N) is 2. The zero-order chi connectivity index (χ0) is 27.9. The monoisotopic (exact) mass is 552 g/mol. The Morgan fingerprint density at radius 1 is 1.05 bits per heavy atom. The largest absolute Gasteiger partial charge is 0.493 e. The lowest BCUT2D eigenvalue weighted by molar-refractivity contribution is -0.142. The molecule has 3 aromatic carbocycles. The van der Waals surface area contributed by atoms with Crippen LogP contribution >= 0.6 is 11.6 Å². The molecule has 4 aromatic rings. The van der Waals surface area contributed by atoms with Crippen LogP contribution in [0.15, 0.2) is 60.9 Å². The van der Waals surface area contributed by atoms with E-state index in [0.717, 1.165) is 11.1 Å². The minimum Gasteiger partial charge on any atom is -0.493 e. The SMILES string of the molecule is COC(=O)[C@@H](N)Cc1ccc(CC(=O)COc2cc3c(Nc4cccc(Cl)c4F)ncnc3cc2OC)cc1.